The Balaban J connectivity index is 1.49. The monoisotopic (exact) mass is 366 g/mol. The van der Waals surface area contributed by atoms with Crippen LogP contribution in [0.25, 0.3) is 0 Å². The number of benzene rings is 1. The minimum absolute atomic E-state index is 0.117. The van der Waals surface area contributed by atoms with E-state index in [4.69, 9.17) is 16.6 Å². The molecular weight excluding hydrogens is 346 g/mol. The van der Waals surface area contributed by atoms with Gasteiger partial charge in [0.25, 0.3) is 4.84 Å². The fraction of sp³-hybridized carbons (Fsp3) is 0.500. The SMILES string of the molecule is O=S1(=O)CC[C@H](c2nn(C[NH+]3CCc4ccccc4C3)c(=S)o2)C1. The number of sulfone groups is 1. The van der Waals surface area contributed by atoms with E-state index in [1.165, 1.54) is 16.0 Å². The maximum absolute atomic E-state index is 11.6. The third kappa shape index (κ3) is 3.18. The van der Waals surface area contributed by atoms with Crippen molar-refractivity contribution < 1.29 is 17.7 Å². The Hall–Kier alpha value is -1.51. The van der Waals surface area contributed by atoms with Crippen molar-refractivity contribution >= 4 is 22.1 Å². The smallest absolute Gasteiger partial charge is 0.291 e. The summed E-state index contributed by atoms with van der Waals surface area (Å²) in [6.45, 7) is 2.62. The molecule has 0 amide bonds. The van der Waals surface area contributed by atoms with E-state index in [0.717, 1.165) is 19.5 Å². The van der Waals surface area contributed by atoms with Crippen LogP contribution in [0.1, 0.15) is 29.4 Å². The molecule has 1 N–H and O–H groups in total. The number of rotatable bonds is 3. The van der Waals surface area contributed by atoms with E-state index < -0.39 is 9.84 Å². The third-order valence-electron chi connectivity index (χ3n) is 4.88. The molecule has 1 aromatic carbocycles. The normalized spacial score (nSPS) is 25.5. The van der Waals surface area contributed by atoms with Crippen LogP contribution in [0.4, 0.5) is 0 Å². The summed E-state index contributed by atoms with van der Waals surface area (Å²) in [7, 11) is -2.96. The molecule has 24 heavy (non-hydrogen) atoms. The molecule has 0 spiro atoms. The van der Waals surface area contributed by atoms with Gasteiger partial charge in [-0.3, -0.25) is 0 Å². The lowest BCUT2D eigenvalue weighted by Gasteiger charge is -2.25. The maximum atomic E-state index is 11.6. The number of quaternary nitrogens is 1. The third-order valence-corrected chi connectivity index (χ3v) is 6.95. The first-order valence-electron chi connectivity index (χ1n) is 8.19. The summed E-state index contributed by atoms with van der Waals surface area (Å²) in [6.07, 6.45) is 1.62. The van der Waals surface area contributed by atoms with Gasteiger partial charge in [0.15, 0.2) is 16.5 Å². The zero-order valence-corrected chi connectivity index (χ0v) is 14.9. The molecule has 2 aromatic rings. The van der Waals surface area contributed by atoms with Crippen LogP contribution >= 0.6 is 12.2 Å². The van der Waals surface area contributed by atoms with E-state index in [1.54, 1.807) is 4.68 Å². The van der Waals surface area contributed by atoms with Crippen LogP contribution < -0.4 is 4.90 Å². The number of aromatic nitrogens is 2. The van der Waals surface area contributed by atoms with E-state index in [0.29, 0.717) is 23.8 Å². The van der Waals surface area contributed by atoms with Crippen LogP contribution in [0.5, 0.6) is 0 Å². The lowest BCUT2D eigenvalue weighted by atomic mass is 10.0. The van der Waals surface area contributed by atoms with E-state index in [2.05, 4.69) is 29.4 Å². The van der Waals surface area contributed by atoms with Gasteiger partial charge in [-0.1, -0.05) is 24.3 Å². The zero-order chi connectivity index (χ0) is 16.7. The number of hydrogen-bond acceptors (Lipinski definition) is 5. The number of nitrogens with zero attached hydrogens (tertiary/aromatic N) is 2. The molecule has 0 bridgehead atoms. The summed E-state index contributed by atoms with van der Waals surface area (Å²) < 4.78 is 30.6. The number of hydrogen-bond donors (Lipinski definition) is 1. The molecule has 2 atom stereocenters. The van der Waals surface area contributed by atoms with Crippen molar-refractivity contribution in [3.63, 3.8) is 0 Å². The van der Waals surface area contributed by atoms with Gasteiger partial charge in [0.1, 0.15) is 6.54 Å². The van der Waals surface area contributed by atoms with Crippen LogP contribution in [0, 0.1) is 4.84 Å². The maximum Gasteiger partial charge on any atom is 0.291 e. The largest absolute Gasteiger partial charge is 0.413 e. The summed E-state index contributed by atoms with van der Waals surface area (Å²) in [5, 5.41) is 4.47. The summed E-state index contributed by atoms with van der Waals surface area (Å²) in [5.41, 5.74) is 2.79. The standard InChI is InChI=1S/C16H19N3O3S2/c20-24(21)8-6-14(10-24)15-17-19(16(23)22-15)11-18-7-5-12-3-1-2-4-13(12)9-18/h1-4,14H,5-11H2/p+1/t14-/m0/s1. The quantitative estimate of drug-likeness (QED) is 0.810. The highest BCUT2D eigenvalue weighted by molar-refractivity contribution is 7.91. The van der Waals surface area contributed by atoms with E-state index in [-0.39, 0.29) is 17.4 Å². The molecule has 0 saturated carbocycles. The predicted molar refractivity (Wildman–Crippen MR) is 91.0 cm³/mol. The topological polar surface area (TPSA) is 69.5 Å². The first kappa shape index (κ1) is 16.0. The van der Waals surface area contributed by atoms with Gasteiger partial charge < -0.3 is 9.32 Å². The van der Waals surface area contributed by atoms with Gasteiger partial charge in [0.05, 0.1) is 24.0 Å². The summed E-state index contributed by atoms with van der Waals surface area (Å²) in [4.78, 5) is 1.71. The Morgan fingerprint density at radius 3 is 2.88 bits per heavy atom. The van der Waals surface area contributed by atoms with Crippen molar-refractivity contribution in [2.75, 3.05) is 18.1 Å². The van der Waals surface area contributed by atoms with Crippen LogP contribution in [-0.4, -0.2) is 36.2 Å². The molecule has 1 unspecified atom stereocenters. The highest BCUT2D eigenvalue weighted by Gasteiger charge is 2.33. The molecule has 6 nitrogen and oxygen atoms in total. The Labute approximate surface area is 146 Å². The minimum atomic E-state index is -2.96. The predicted octanol–water partition coefficient (Wildman–Crippen LogP) is 0.706. The van der Waals surface area contributed by atoms with Gasteiger partial charge in [-0.05, 0) is 24.2 Å². The van der Waals surface area contributed by atoms with E-state index >= 15 is 0 Å². The highest BCUT2D eigenvalue weighted by atomic mass is 32.2. The van der Waals surface area contributed by atoms with Crippen molar-refractivity contribution in [2.24, 2.45) is 0 Å². The minimum Gasteiger partial charge on any atom is -0.413 e. The number of nitrogens with one attached hydrogen (secondary N) is 1. The first-order valence-corrected chi connectivity index (χ1v) is 10.4. The molecule has 0 radical (unpaired) electrons. The van der Waals surface area contributed by atoms with Crippen LogP contribution in [0.15, 0.2) is 28.7 Å². The molecule has 3 heterocycles. The van der Waals surface area contributed by atoms with Crippen LogP contribution in [0.2, 0.25) is 0 Å². The van der Waals surface area contributed by atoms with Crippen molar-refractivity contribution in [3.8, 4) is 0 Å². The van der Waals surface area contributed by atoms with Crippen LogP contribution in [-0.2, 0) is 29.5 Å². The summed E-state index contributed by atoms with van der Waals surface area (Å²) in [6, 6.07) is 8.51. The molecule has 128 valence electrons. The molecule has 2 aliphatic rings. The van der Waals surface area contributed by atoms with E-state index in [9.17, 15) is 8.42 Å². The van der Waals surface area contributed by atoms with Gasteiger partial charge in [0.2, 0.25) is 5.89 Å². The lowest BCUT2D eigenvalue weighted by Crippen LogP contribution is -3.11. The van der Waals surface area contributed by atoms with Gasteiger partial charge in [-0.25, -0.2) is 8.42 Å². The van der Waals surface area contributed by atoms with E-state index in [1.807, 2.05) is 0 Å². The number of fused-ring (bicyclic) bond motifs is 1. The molecule has 8 heteroatoms. The molecule has 0 aliphatic carbocycles. The second-order valence-corrected chi connectivity index (χ2v) is 9.24. The summed E-state index contributed by atoms with van der Waals surface area (Å²) >= 11 is 5.28. The molecular formula is C16H20N3O3S2+. The fourth-order valence-corrected chi connectivity index (χ4v) is 5.49. The molecule has 1 saturated heterocycles. The fourth-order valence-electron chi connectivity index (χ4n) is 3.57. The Kier molecular flexibility index (Phi) is 4.06. The lowest BCUT2D eigenvalue weighted by molar-refractivity contribution is -0.939. The molecule has 4 rings (SSSR count). The van der Waals surface area contributed by atoms with Gasteiger partial charge in [-0.15, -0.1) is 5.10 Å². The average molecular weight is 366 g/mol. The van der Waals surface area contributed by atoms with Crippen molar-refractivity contribution in [2.45, 2.75) is 32.0 Å². The Bertz CT molecular complexity index is 917. The molecule has 2 aliphatic heterocycles. The second-order valence-electron chi connectivity index (χ2n) is 6.66. The van der Waals surface area contributed by atoms with Gasteiger partial charge in [-0.2, -0.15) is 4.68 Å². The molecule has 1 fully saturated rings. The highest BCUT2D eigenvalue weighted by Crippen LogP contribution is 2.27. The Morgan fingerprint density at radius 1 is 1.33 bits per heavy atom. The second kappa shape index (κ2) is 6.09. The van der Waals surface area contributed by atoms with Crippen molar-refractivity contribution in [3.05, 3.63) is 46.1 Å². The average Bonchev–Trinajstić information content (AvgIpc) is 3.10. The van der Waals surface area contributed by atoms with Crippen LogP contribution in [0.3, 0.4) is 0 Å². The van der Waals surface area contributed by atoms with Crippen molar-refractivity contribution in [1.29, 1.82) is 0 Å². The molecule has 1 aromatic heterocycles. The first-order chi connectivity index (χ1) is 11.5. The van der Waals surface area contributed by atoms with Gasteiger partial charge >= 0.3 is 0 Å². The van der Waals surface area contributed by atoms with Crippen molar-refractivity contribution in [1.82, 2.24) is 9.78 Å². The van der Waals surface area contributed by atoms with Gasteiger partial charge in [0, 0.05) is 12.0 Å². The Morgan fingerprint density at radius 2 is 2.12 bits per heavy atom. The zero-order valence-electron chi connectivity index (χ0n) is 13.3. The summed E-state index contributed by atoms with van der Waals surface area (Å²) in [5.74, 6) is 0.639.